The van der Waals surface area contributed by atoms with Crippen molar-refractivity contribution in [3.05, 3.63) is 51.6 Å². The number of hydrogen-bond acceptors (Lipinski definition) is 0. The lowest BCUT2D eigenvalue weighted by Gasteiger charge is -2.01. The summed E-state index contributed by atoms with van der Waals surface area (Å²) >= 11 is 2.34. The lowest BCUT2D eigenvalue weighted by Crippen LogP contribution is -1.83. The van der Waals surface area contributed by atoms with E-state index in [0.717, 1.165) is 0 Å². The van der Waals surface area contributed by atoms with Crippen LogP contribution in [-0.4, -0.2) is 0 Å². The molecule has 0 heterocycles. The molecule has 1 rings (SSSR count). The van der Waals surface area contributed by atoms with Crippen LogP contribution < -0.4 is 0 Å². The fourth-order valence-electron chi connectivity index (χ4n) is 0.976. The standard InChI is InChI=1S/C11H11I/c1-3-4-6-10-7-5-8-11(12)9(10)2/h3-8H,1H2,2H3/b6-4-. The molecule has 1 heteroatoms. The molecule has 0 spiro atoms. The summed E-state index contributed by atoms with van der Waals surface area (Å²) in [7, 11) is 0. The van der Waals surface area contributed by atoms with Gasteiger partial charge in [0.15, 0.2) is 0 Å². The largest absolute Gasteiger partial charge is 0.0991 e. The van der Waals surface area contributed by atoms with Gasteiger partial charge in [0.2, 0.25) is 0 Å². The number of benzene rings is 1. The zero-order valence-corrected chi connectivity index (χ0v) is 9.21. The van der Waals surface area contributed by atoms with Crippen molar-refractivity contribution in [1.82, 2.24) is 0 Å². The third kappa shape index (κ3) is 2.21. The van der Waals surface area contributed by atoms with Crippen LogP contribution in [0.4, 0.5) is 0 Å². The minimum atomic E-state index is 1.27. The van der Waals surface area contributed by atoms with E-state index >= 15 is 0 Å². The van der Waals surface area contributed by atoms with E-state index in [2.05, 4.69) is 60.4 Å². The normalized spacial score (nSPS) is 10.5. The molecule has 1 aromatic carbocycles. The molecular formula is C11H11I. The number of allylic oxidation sites excluding steroid dienone is 2. The van der Waals surface area contributed by atoms with Crippen molar-refractivity contribution in [1.29, 1.82) is 0 Å². The van der Waals surface area contributed by atoms with Crippen molar-refractivity contribution in [2.24, 2.45) is 0 Å². The van der Waals surface area contributed by atoms with E-state index in [1.54, 1.807) is 6.08 Å². The van der Waals surface area contributed by atoms with Crippen LogP contribution in [0.15, 0.2) is 36.9 Å². The van der Waals surface area contributed by atoms with Gasteiger partial charge in [-0.3, -0.25) is 0 Å². The van der Waals surface area contributed by atoms with Crippen LogP contribution in [0.2, 0.25) is 0 Å². The molecule has 0 atom stereocenters. The van der Waals surface area contributed by atoms with E-state index in [4.69, 9.17) is 0 Å². The smallest absolute Gasteiger partial charge is 0.0165 e. The molecule has 0 aliphatic rings. The van der Waals surface area contributed by atoms with Crippen LogP contribution in [0.5, 0.6) is 0 Å². The highest BCUT2D eigenvalue weighted by atomic mass is 127. The van der Waals surface area contributed by atoms with E-state index in [0.29, 0.717) is 0 Å². The Kier molecular flexibility index (Phi) is 3.53. The van der Waals surface area contributed by atoms with Gasteiger partial charge in [-0.2, -0.15) is 0 Å². The average Bonchev–Trinajstić information content (AvgIpc) is 2.08. The first-order valence-corrected chi connectivity index (χ1v) is 4.88. The maximum atomic E-state index is 3.64. The Hall–Kier alpha value is -0.570. The molecule has 0 aliphatic carbocycles. The summed E-state index contributed by atoms with van der Waals surface area (Å²) in [6.45, 7) is 5.77. The molecule has 0 N–H and O–H groups in total. The summed E-state index contributed by atoms with van der Waals surface area (Å²) in [5.41, 5.74) is 2.60. The Labute approximate surface area is 87.1 Å². The highest BCUT2D eigenvalue weighted by Crippen LogP contribution is 2.16. The van der Waals surface area contributed by atoms with Crippen molar-refractivity contribution < 1.29 is 0 Å². The molecule has 12 heavy (non-hydrogen) atoms. The summed E-state index contributed by atoms with van der Waals surface area (Å²) in [5, 5.41) is 0. The van der Waals surface area contributed by atoms with Crippen molar-refractivity contribution in [2.75, 3.05) is 0 Å². The fraction of sp³-hybridized carbons (Fsp3) is 0.0909. The lowest BCUT2D eigenvalue weighted by molar-refractivity contribution is 1.40. The first kappa shape index (κ1) is 9.52. The topological polar surface area (TPSA) is 0 Å². The molecule has 1 aromatic rings. The minimum Gasteiger partial charge on any atom is -0.0991 e. The molecule has 62 valence electrons. The van der Waals surface area contributed by atoms with Crippen molar-refractivity contribution in [3.63, 3.8) is 0 Å². The third-order valence-corrected chi connectivity index (χ3v) is 2.89. The first-order chi connectivity index (χ1) is 5.75. The molecule has 0 amide bonds. The van der Waals surface area contributed by atoms with Gasteiger partial charge in [0.1, 0.15) is 0 Å². The first-order valence-electron chi connectivity index (χ1n) is 3.80. The van der Waals surface area contributed by atoms with Crippen molar-refractivity contribution >= 4 is 28.7 Å². The third-order valence-electron chi connectivity index (χ3n) is 1.72. The van der Waals surface area contributed by atoms with Gasteiger partial charge in [-0.15, -0.1) is 0 Å². The molecular weight excluding hydrogens is 259 g/mol. The van der Waals surface area contributed by atoms with Crippen LogP contribution in [0.3, 0.4) is 0 Å². The van der Waals surface area contributed by atoms with Gasteiger partial charge in [-0.25, -0.2) is 0 Å². The summed E-state index contributed by atoms with van der Waals surface area (Å²) < 4.78 is 1.30. The Bertz CT molecular complexity index is 311. The van der Waals surface area contributed by atoms with Gasteiger partial charge in [-0.05, 0) is 46.7 Å². The molecule has 0 unspecified atom stereocenters. The highest BCUT2D eigenvalue weighted by molar-refractivity contribution is 14.1. The van der Waals surface area contributed by atoms with Crippen molar-refractivity contribution in [2.45, 2.75) is 6.92 Å². The quantitative estimate of drug-likeness (QED) is 0.566. The number of rotatable bonds is 2. The monoisotopic (exact) mass is 270 g/mol. The summed E-state index contributed by atoms with van der Waals surface area (Å²) in [4.78, 5) is 0. The van der Waals surface area contributed by atoms with Gasteiger partial charge in [-0.1, -0.05) is 36.9 Å². The predicted octanol–water partition coefficient (Wildman–Crippen LogP) is 3.80. The minimum absolute atomic E-state index is 1.27. The summed E-state index contributed by atoms with van der Waals surface area (Å²) in [6.07, 6.45) is 5.82. The van der Waals surface area contributed by atoms with Gasteiger partial charge in [0.25, 0.3) is 0 Å². The Morgan fingerprint density at radius 2 is 2.17 bits per heavy atom. The zero-order valence-electron chi connectivity index (χ0n) is 7.05. The molecule has 0 aliphatic heterocycles. The summed E-state index contributed by atoms with van der Waals surface area (Å²) in [5.74, 6) is 0. The zero-order chi connectivity index (χ0) is 8.97. The van der Waals surface area contributed by atoms with Crippen LogP contribution >= 0.6 is 22.6 Å². The Balaban J connectivity index is 3.07. The molecule has 0 bridgehead atoms. The Morgan fingerprint density at radius 3 is 2.83 bits per heavy atom. The molecule has 0 radical (unpaired) electrons. The second kappa shape index (κ2) is 4.45. The molecule has 0 nitrogen and oxygen atoms in total. The fourth-order valence-corrected chi connectivity index (χ4v) is 1.50. The van der Waals surface area contributed by atoms with Crippen LogP contribution in [0.1, 0.15) is 11.1 Å². The van der Waals surface area contributed by atoms with E-state index < -0.39 is 0 Å². The maximum Gasteiger partial charge on any atom is 0.0165 e. The van der Waals surface area contributed by atoms with Gasteiger partial charge < -0.3 is 0 Å². The SMILES string of the molecule is C=C/C=C\c1cccc(I)c1C. The lowest BCUT2D eigenvalue weighted by atomic mass is 10.1. The average molecular weight is 270 g/mol. The maximum absolute atomic E-state index is 3.64. The van der Waals surface area contributed by atoms with E-state index in [-0.39, 0.29) is 0 Å². The van der Waals surface area contributed by atoms with E-state index in [1.165, 1.54) is 14.7 Å². The van der Waals surface area contributed by atoms with E-state index in [1.807, 2.05) is 6.08 Å². The number of hydrogen-bond donors (Lipinski definition) is 0. The molecule has 0 fully saturated rings. The molecule has 0 aromatic heterocycles. The highest BCUT2D eigenvalue weighted by Gasteiger charge is 1.96. The number of halogens is 1. The van der Waals surface area contributed by atoms with Gasteiger partial charge in [0, 0.05) is 3.57 Å². The molecule has 0 saturated heterocycles. The van der Waals surface area contributed by atoms with Crippen molar-refractivity contribution in [3.8, 4) is 0 Å². The van der Waals surface area contributed by atoms with Crippen LogP contribution in [-0.2, 0) is 0 Å². The van der Waals surface area contributed by atoms with Gasteiger partial charge in [0.05, 0.1) is 0 Å². The summed E-state index contributed by atoms with van der Waals surface area (Å²) in [6, 6.07) is 6.29. The second-order valence-corrected chi connectivity index (χ2v) is 3.71. The van der Waals surface area contributed by atoms with Gasteiger partial charge >= 0.3 is 0 Å². The second-order valence-electron chi connectivity index (χ2n) is 2.55. The van der Waals surface area contributed by atoms with Crippen LogP contribution in [0.25, 0.3) is 6.08 Å². The van der Waals surface area contributed by atoms with Crippen LogP contribution in [0, 0.1) is 10.5 Å². The van der Waals surface area contributed by atoms with E-state index in [9.17, 15) is 0 Å². The predicted molar refractivity (Wildman–Crippen MR) is 63.1 cm³/mol. The Morgan fingerprint density at radius 1 is 1.42 bits per heavy atom. The molecule has 0 saturated carbocycles.